The highest BCUT2D eigenvalue weighted by Crippen LogP contribution is 2.54. The van der Waals surface area contributed by atoms with Crippen LogP contribution in [0, 0.1) is 17.9 Å². The van der Waals surface area contributed by atoms with Gasteiger partial charge in [0.2, 0.25) is 0 Å². The Morgan fingerprint density at radius 1 is 1.08 bits per heavy atom. The molecule has 1 aromatic rings. The van der Waals surface area contributed by atoms with Crippen LogP contribution < -0.4 is 10.1 Å². The highest BCUT2D eigenvalue weighted by atomic mass is 16.5. The van der Waals surface area contributed by atoms with E-state index in [4.69, 9.17) is 4.74 Å². The largest absolute Gasteiger partial charge is 0.483 e. The van der Waals surface area contributed by atoms with Gasteiger partial charge >= 0.3 is 0 Å². The lowest BCUT2D eigenvalue weighted by atomic mass is 9.53. The first-order chi connectivity index (χ1) is 12.3. The fourth-order valence-electron chi connectivity index (χ4n) is 6.57. The van der Waals surface area contributed by atoms with Crippen LogP contribution in [0.5, 0.6) is 5.75 Å². The molecule has 1 aromatic carbocycles. The Kier molecular flexibility index (Phi) is 4.08. The zero-order valence-corrected chi connectivity index (χ0v) is 15.7. The predicted molar refractivity (Wildman–Crippen MR) is 102 cm³/mol. The normalized spacial score (nSPS) is 34.6. The molecular formula is C23H32NO. The highest BCUT2D eigenvalue weighted by molar-refractivity contribution is 5.45. The van der Waals surface area contributed by atoms with E-state index in [2.05, 4.69) is 30.4 Å². The molecule has 2 bridgehead atoms. The van der Waals surface area contributed by atoms with Crippen molar-refractivity contribution in [2.75, 3.05) is 6.54 Å². The summed E-state index contributed by atoms with van der Waals surface area (Å²) in [5.41, 5.74) is 3.66. The summed E-state index contributed by atoms with van der Waals surface area (Å²) in [6, 6.07) is 7.75. The minimum absolute atomic E-state index is 0.433. The lowest BCUT2D eigenvalue weighted by Crippen LogP contribution is -2.59. The number of fused-ring (bicyclic) bond motifs is 1. The third-order valence-electron chi connectivity index (χ3n) is 7.83. The Balaban J connectivity index is 1.46. The van der Waals surface area contributed by atoms with Crippen LogP contribution in [0.2, 0.25) is 0 Å². The van der Waals surface area contributed by atoms with Crippen LogP contribution in [-0.2, 0) is 11.8 Å². The molecule has 1 heterocycles. The van der Waals surface area contributed by atoms with Crippen molar-refractivity contribution in [3.05, 3.63) is 35.4 Å². The minimum Gasteiger partial charge on any atom is -0.483 e. The van der Waals surface area contributed by atoms with Gasteiger partial charge in [-0.1, -0.05) is 31.7 Å². The maximum Gasteiger partial charge on any atom is 0.148 e. The number of rotatable bonds is 3. The van der Waals surface area contributed by atoms with Crippen LogP contribution in [0.3, 0.4) is 0 Å². The summed E-state index contributed by atoms with van der Waals surface area (Å²) in [6.07, 6.45) is 14.8. The monoisotopic (exact) mass is 338 g/mol. The Bertz CT molecular complexity index is 631. The molecule has 0 amide bonds. The predicted octanol–water partition coefficient (Wildman–Crippen LogP) is 5.15. The lowest BCUT2D eigenvalue weighted by molar-refractivity contribution is 0.0794. The van der Waals surface area contributed by atoms with E-state index >= 15 is 0 Å². The molecule has 1 aliphatic heterocycles. The van der Waals surface area contributed by atoms with E-state index in [1.54, 1.807) is 11.1 Å². The van der Waals surface area contributed by atoms with Crippen molar-refractivity contribution in [1.82, 2.24) is 5.32 Å². The fraction of sp³-hybridized carbons (Fsp3) is 0.696. The molecule has 3 aliphatic carbocycles. The summed E-state index contributed by atoms with van der Waals surface area (Å²) in [4.78, 5) is 0. The van der Waals surface area contributed by atoms with E-state index in [0.29, 0.717) is 17.4 Å². The molecule has 0 aromatic heterocycles. The minimum atomic E-state index is 0.433. The quantitative estimate of drug-likeness (QED) is 0.822. The van der Waals surface area contributed by atoms with Crippen molar-refractivity contribution >= 4 is 0 Å². The molecule has 5 rings (SSSR count). The van der Waals surface area contributed by atoms with Gasteiger partial charge in [0.1, 0.15) is 11.9 Å². The molecule has 135 valence electrons. The van der Waals surface area contributed by atoms with Crippen LogP contribution in [-0.4, -0.2) is 12.6 Å². The van der Waals surface area contributed by atoms with Crippen LogP contribution in [0.15, 0.2) is 18.2 Å². The van der Waals surface area contributed by atoms with Crippen LogP contribution in [0.4, 0.5) is 0 Å². The summed E-state index contributed by atoms with van der Waals surface area (Å²) in [5, 5.41) is 3.83. The molecule has 2 nitrogen and oxygen atoms in total. The average Bonchev–Trinajstić information content (AvgIpc) is 3.17. The van der Waals surface area contributed by atoms with Crippen molar-refractivity contribution in [3.8, 4) is 5.75 Å². The number of hydrogen-bond acceptors (Lipinski definition) is 2. The van der Waals surface area contributed by atoms with Gasteiger partial charge in [-0.2, -0.15) is 0 Å². The van der Waals surface area contributed by atoms with Gasteiger partial charge in [-0.3, -0.25) is 0 Å². The molecular weight excluding hydrogens is 306 g/mol. The molecule has 1 N–H and O–H groups in total. The summed E-state index contributed by atoms with van der Waals surface area (Å²) in [5.74, 6) is 2.62. The zero-order valence-electron chi connectivity index (χ0n) is 15.7. The third kappa shape index (κ3) is 2.63. The summed E-state index contributed by atoms with van der Waals surface area (Å²) in [6.45, 7) is 3.40. The van der Waals surface area contributed by atoms with Crippen molar-refractivity contribution in [2.24, 2.45) is 11.8 Å². The number of hydrogen-bond donors (Lipinski definition) is 1. The van der Waals surface area contributed by atoms with E-state index in [1.807, 2.05) is 0 Å². The maximum atomic E-state index is 6.38. The van der Waals surface area contributed by atoms with E-state index < -0.39 is 0 Å². The number of benzene rings is 1. The Morgan fingerprint density at radius 3 is 2.80 bits per heavy atom. The van der Waals surface area contributed by atoms with Gasteiger partial charge in [0.15, 0.2) is 0 Å². The third-order valence-corrected chi connectivity index (χ3v) is 7.83. The number of piperidine rings is 1. The topological polar surface area (TPSA) is 21.3 Å². The molecule has 2 saturated carbocycles. The van der Waals surface area contributed by atoms with Gasteiger partial charge in [0.25, 0.3) is 0 Å². The van der Waals surface area contributed by atoms with Crippen LogP contribution in [0.1, 0.15) is 75.8 Å². The van der Waals surface area contributed by atoms with Gasteiger partial charge in [0, 0.05) is 17.4 Å². The first kappa shape index (κ1) is 16.2. The van der Waals surface area contributed by atoms with Gasteiger partial charge in [-0.05, 0) is 81.2 Å². The molecule has 4 aliphatic rings. The average molecular weight is 339 g/mol. The second-order valence-corrected chi connectivity index (χ2v) is 9.04. The van der Waals surface area contributed by atoms with Crippen molar-refractivity contribution in [1.29, 1.82) is 0 Å². The SMILES string of the molecule is C[C](Oc1ccc2c(c1)[C@@]13CCCC[C@H]1[C@@H](C2)NCC3)C1CCCC1. The molecule has 3 atom stereocenters. The van der Waals surface area contributed by atoms with E-state index in [1.165, 1.54) is 76.9 Å². The molecule has 25 heavy (non-hydrogen) atoms. The molecule has 0 unspecified atom stereocenters. The number of nitrogens with one attached hydrogen (secondary N) is 1. The Morgan fingerprint density at radius 2 is 1.92 bits per heavy atom. The zero-order chi connectivity index (χ0) is 16.9. The first-order valence-corrected chi connectivity index (χ1v) is 10.6. The standard InChI is InChI=1S/C23H32NO/c1-16(17-6-2-3-7-17)25-19-10-9-18-14-22-20-8-4-5-11-23(20,12-13-24-22)21(18)15-19/h9-10,15,17,20,22,24H,2-8,11-14H2,1H3/t20-,22+,23+/m0/s1. The van der Waals surface area contributed by atoms with Gasteiger partial charge in [-0.25, -0.2) is 0 Å². The first-order valence-electron chi connectivity index (χ1n) is 10.6. The molecule has 2 heteroatoms. The lowest BCUT2D eigenvalue weighted by Gasteiger charge is -2.56. The second kappa shape index (κ2) is 6.30. The fourth-order valence-corrected chi connectivity index (χ4v) is 6.57. The van der Waals surface area contributed by atoms with E-state index in [-0.39, 0.29) is 0 Å². The van der Waals surface area contributed by atoms with Crippen LogP contribution >= 0.6 is 0 Å². The summed E-state index contributed by atoms with van der Waals surface area (Å²) >= 11 is 0. The summed E-state index contributed by atoms with van der Waals surface area (Å²) in [7, 11) is 0. The van der Waals surface area contributed by atoms with Gasteiger partial charge < -0.3 is 10.1 Å². The Labute approximate surface area is 152 Å². The maximum absolute atomic E-state index is 6.38. The summed E-state index contributed by atoms with van der Waals surface area (Å²) < 4.78 is 6.38. The molecule has 3 fully saturated rings. The van der Waals surface area contributed by atoms with E-state index in [0.717, 1.165) is 11.7 Å². The molecule has 1 radical (unpaired) electrons. The smallest absolute Gasteiger partial charge is 0.148 e. The van der Waals surface area contributed by atoms with Gasteiger partial charge in [-0.15, -0.1) is 0 Å². The van der Waals surface area contributed by atoms with E-state index in [9.17, 15) is 0 Å². The van der Waals surface area contributed by atoms with Crippen LogP contribution in [0.25, 0.3) is 0 Å². The van der Waals surface area contributed by atoms with Gasteiger partial charge in [0.05, 0.1) is 0 Å². The van der Waals surface area contributed by atoms with Crippen molar-refractivity contribution in [2.45, 2.75) is 82.6 Å². The van der Waals surface area contributed by atoms with Crippen molar-refractivity contribution in [3.63, 3.8) is 0 Å². The number of ether oxygens (including phenoxy) is 1. The Hall–Kier alpha value is -1.02. The second-order valence-electron chi connectivity index (χ2n) is 9.04. The molecule has 0 spiro atoms. The molecule has 1 saturated heterocycles. The van der Waals surface area contributed by atoms with Crippen molar-refractivity contribution < 1.29 is 4.74 Å². The highest BCUT2D eigenvalue weighted by Gasteiger charge is 2.51.